The first kappa shape index (κ1) is 53.2. The molecule has 0 spiro atoms. The number of carbonyl (C=O) groups excluding carboxylic acids is 2. The minimum atomic E-state index is -0.676. The second-order valence-corrected chi connectivity index (χ2v) is 18.6. The summed E-state index contributed by atoms with van der Waals surface area (Å²) in [4.78, 5) is 24.0. The van der Waals surface area contributed by atoms with Gasteiger partial charge in [0, 0.05) is 41.6 Å². The van der Waals surface area contributed by atoms with Crippen molar-refractivity contribution in [2.45, 2.75) is 18.4 Å². The summed E-state index contributed by atoms with van der Waals surface area (Å²) in [6.07, 6.45) is 6.48. The molecule has 11 nitrogen and oxygen atoms in total. The molecule has 0 aliphatic rings. The van der Waals surface area contributed by atoms with Crippen LogP contribution < -0.4 is 5.32 Å². The van der Waals surface area contributed by atoms with Gasteiger partial charge in [-0.1, -0.05) is 109 Å². The van der Waals surface area contributed by atoms with Gasteiger partial charge in [0.05, 0.1) is 59.3 Å². The van der Waals surface area contributed by atoms with Crippen molar-refractivity contribution < 1.29 is 32.6 Å². The Labute approximate surface area is 459 Å². The van der Waals surface area contributed by atoms with Gasteiger partial charge in [0.2, 0.25) is 5.91 Å². The van der Waals surface area contributed by atoms with E-state index in [0.29, 0.717) is 6.42 Å². The van der Waals surface area contributed by atoms with E-state index in [9.17, 15) is 27.9 Å². The monoisotopic (exact) mass is 1060 g/mol. The van der Waals surface area contributed by atoms with Crippen LogP contribution in [0.4, 0.5) is 13.2 Å². The number of esters is 1. The number of fused-ring (bicyclic) bond motifs is 3. The van der Waals surface area contributed by atoms with Gasteiger partial charge >= 0.3 is 5.97 Å². The number of amides is 1. The van der Waals surface area contributed by atoms with Crippen molar-refractivity contribution in [3.8, 4) is 17.1 Å². The molecule has 3 aromatic heterocycles. The Morgan fingerprint density at radius 3 is 1.38 bits per heavy atom. The molecule has 0 radical (unpaired) electrons. The van der Waals surface area contributed by atoms with Gasteiger partial charge in [-0.15, -0.1) is 0 Å². The van der Waals surface area contributed by atoms with Crippen LogP contribution in [0, 0.1) is 17.5 Å². The Morgan fingerprint density at radius 2 is 0.912 bits per heavy atom. The summed E-state index contributed by atoms with van der Waals surface area (Å²) in [5.41, 5.74) is 11.5. The van der Waals surface area contributed by atoms with Crippen molar-refractivity contribution in [3.63, 3.8) is 0 Å². The number of methoxy groups -OCH3 is 1. The smallest absolute Gasteiger partial charge is 0.331 e. The number of aromatic nitrogens is 6. The highest BCUT2D eigenvalue weighted by molar-refractivity contribution is 5.98. The average molecular weight is 1060 g/mol. The molecule has 14 heteroatoms. The molecule has 0 aliphatic heterocycles. The number of nitrogens with one attached hydrogen (secondary N) is 1. The minimum Gasteiger partial charge on any atom is -0.466 e. The zero-order chi connectivity index (χ0) is 55.5. The van der Waals surface area contributed by atoms with Gasteiger partial charge in [-0.3, -0.25) is 4.79 Å². The number of ether oxygens (including phenoxy) is 1. The largest absolute Gasteiger partial charge is 0.466 e. The van der Waals surface area contributed by atoms with Crippen molar-refractivity contribution in [1.29, 1.82) is 0 Å². The topological polar surface area (TPSA) is 129 Å². The molecule has 0 saturated carbocycles. The number of hydrogen-bond donors (Lipinski definition) is 2. The SMILES string of the molecule is CNC(=O)CC(c1ccccc1)c1ccc2c(cnn2-c2ccc(F)cc2)c1.COC(=O)/C=C(\c1ccccc1)c1ccc2c(cnn2-c2ccc(F)cc2)c1.OC(c1ccccc1)c1ccc2c(cnn2-c2ccc(F)cc2)c1. The second kappa shape index (κ2) is 24.4. The van der Waals surface area contributed by atoms with E-state index in [4.69, 9.17) is 4.74 Å². The summed E-state index contributed by atoms with van der Waals surface area (Å²) >= 11 is 0. The molecule has 12 aromatic rings. The molecule has 0 fully saturated rings. The van der Waals surface area contributed by atoms with Crippen LogP contribution in [0.5, 0.6) is 0 Å². The van der Waals surface area contributed by atoms with Gasteiger partial charge in [-0.2, -0.15) is 15.3 Å². The van der Waals surface area contributed by atoms with Crippen molar-refractivity contribution in [3.05, 3.63) is 294 Å². The number of halogens is 3. The van der Waals surface area contributed by atoms with Crippen LogP contribution in [-0.2, 0) is 14.3 Å². The molecule has 9 aromatic carbocycles. The standard InChI is InChI=1S/C23H20FN3O.C23H17FN2O2.C20H15FN2O/c1-25-23(28)14-21(16-5-3-2-4-6-16)17-7-12-22-18(13-17)15-26-27(22)20-10-8-19(24)9-11-20;1-28-23(27)14-21(16-5-3-2-4-6-16)17-7-12-22-18(13-17)15-25-26(22)20-10-8-19(24)9-11-20;21-17-7-9-18(10-8-17)23-19-11-6-15(12-16(19)13-22-23)20(24)14-4-2-1-3-5-14/h2-13,15,21H,14H2,1H3,(H,25,28);2-15H,1H3;1-13,20,24H/b;21-14+;. The van der Waals surface area contributed by atoms with E-state index in [1.807, 2.05) is 140 Å². The van der Waals surface area contributed by atoms with Crippen LogP contribution in [0.2, 0.25) is 0 Å². The third kappa shape index (κ3) is 12.2. The Bertz CT molecular complexity index is 4090. The fraction of sp³-hybridized carbons (Fsp3) is 0.0758. The number of benzene rings is 9. The molecule has 80 heavy (non-hydrogen) atoms. The maximum atomic E-state index is 13.2. The third-order valence-electron chi connectivity index (χ3n) is 13.5. The molecule has 1 amide bonds. The summed E-state index contributed by atoms with van der Waals surface area (Å²) in [5.74, 6) is -1.30. The van der Waals surface area contributed by atoms with Crippen LogP contribution in [0.25, 0.3) is 55.3 Å². The van der Waals surface area contributed by atoms with E-state index in [1.165, 1.54) is 49.6 Å². The highest BCUT2D eigenvalue weighted by Gasteiger charge is 2.20. The highest BCUT2D eigenvalue weighted by atomic mass is 19.1. The van der Waals surface area contributed by atoms with Gasteiger partial charge < -0.3 is 15.2 Å². The van der Waals surface area contributed by atoms with Crippen LogP contribution in [-0.4, -0.2) is 60.5 Å². The summed E-state index contributed by atoms with van der Waals surface area (Å²) in [6, 6.07) is 65.5. The fourth-order valence-electron chi connectivity index (χ4n) is 9.41. The van der Waals surface area contributed by atoms with E-state index in [1.54, 1.807) is 76.1 Å². The lowest BCUT2D eigenvalue weighted by Crippen LogP contribution is -2.21. The number of nitrogens with zero attached hydrogens (tertiary/aromatic N) is 6. The molecular weight excluding hydrogens is 1010 g/mol. The first-order chi connectivity index (χ1) is 39.0. The molecule has 0 bridgehead atoms. The summed E-state index contributed by atoms with van der Waals surface area (Å²) in [5, 5.41) is 29.3. The number of hydrogen-bond acceptors (Lipinski definition) is 7. The van der Waals surface area contributed by atoms with Crippen molar-refractivity contribution >= 4 is 50.2 Å². The fourth-order valence-corrected chi connectivity index (χ4v) is 9.41. The molecule has 2 unspecified atom stereocenters. The van der Waals surface area contributed by atoms with Gasteiger partial charge in [0.15, 0.2) is 0 Å². The Kier molecular flexibility index (Phi) is 16.3. The van der Waals surface area contributed by atoms with Gasteiger partial charge in [-0.25, -0.2) is 32.0 Å². The van der Waals surface area contributed by atoms with Gasteiger partial charge in [0.1, 0.15) is 23.6 Å². The van der Waals surface area contributed by atoms with Gasteiger partial charge in [0.25, 0.3) is 0 Å². The van der Waals surface area contributed by atoms with E-state index in [0.717, 1.165) is 88.7 Å². The molecular formula is C66H52F3N7O4. The molecule has 12 rings (SSSR count). The zero-order valence-electron chi connectivity index (χ0n) is 43.4. The lowest BCUT2D eigenvalue weighted by Gasteiger charge is -2.17. The van der Waals surface area contributed by atoms with Crippen molar-refractivity contribution in [2.75, 3.05) is 14.2 Å². The molecule has 2 N–H and O–H groups in total. The van der Waals surface area contributed by atoms with Gasteiger partial charge in [-0.05, 0) is 148 Å². The Balaban J connectivity index is 0.000000135. The molecule has 396 valence electrons. The first-order valence-electron chi connectivity index (χ1n) is 25.6. The van der Waals surface area contributed by atoms with Crippen molar-refractivity contribution in [1.82, 2.24) is 34.7 Å². The number of aliphatic hydroxyl groups is 1. The molecule has 3 heterocycles. The average Bonchev–Trinajstić information content (AvgIpc) is 4.43. The van der Waals surface area contributed by atoms with Crippen LogP contribution in [0.1, 0.15) is 51.8 Å². The third-order valence-corrected chi connectivity index (χ3v) is 13.5. The molecule has 2 atom stereocenters. The minimum absolute atomic E-state index is 0.00374. The lowest BCUT2D eigenvalue weighted by molar-refractivity contribution is -0.134. The Morgan fingerprint density at radius 1 is 0.500 bits per heavy atom. The van der Waals surface area contributed by atoms with Crippen LogP contribution >= 0.6 is 0 Å². The van der Waals surface area contributed by atoms with Crippen LogP contribution in [0.3, 0.4) is 0 Å². The maximum absolute atomic E-state index is 13.2. The number of carbonyl (C=O) groups is 2. The van der Waals surface area contributed by atoms with E-state index < -0.39 is 12.1 Å². The molecule has 0 saturated heterocycles. The second-order valence-electron chi connectivity index (χ2n) is 18.6. The van der Waals surface area contributed by atoms with E-state index in [-0.39, 0.29) is 29.3 Å². The lowest BCUT2D eigenvalue weighted by atomic mass is 9.88. The quantitative estimate of drug-likeness (QED) is 0.0921. The summed E-state index contributed by atoms with van der Waals surface area (Å²) < 4.78 is 49.6. The maximum Gasteiger partial charge on any atom is 0.331 e. The zero-order valence-corrected chi connectivity index (χ0v) is 43.4. The Hall–Kier alpha value is -10.2. The van der Waals surface area contributed by atoms with E-state index in [2.05, 4.69) is 26.7 Å². The van der Waals surface area contributed by atoms with Crippen molar-refractivity contribution in [2.24, 2.45) is 0 Å². The predicted molar refractivity (Wildman–Crippen MR) is 306 cm³/mol. The number of aliphatic hydroxyl groups excluding tert-OH is 1. The first-order valence-corrected chi connectivity index (χ1v) is 25.6. The van der Waals surface area contributed by atoms with Crippen LogP contribution in [0.15, 0.2) is 243 Å². The molecule has 0 aliphatic carbocycles. The highest BCUT2D eigenvalue weighted by Crippen LogP contribution is 2.33. The number of rotatable bonds is 12. The normalized spacial score (nSPS) is 12.0. The summed E-state index contributed by atoms with van der Waals surface area (Å²) in [7, 11) is 3.01. The van der Waals surface area contributed by atoms with E-state index >= 15 is 0 Å². The summed E-state index contributed by atoms with van der Waals surface area (Å²) in [6.45, 7) is 0. The predicted octanol–water partition coefficient (Wildman–Crippen LogP) is 13.4.